The van der Waals surface area contributed by atoms with Gasteiger partial charge < -0.3 is 10.4 Å². The summed E-state index contributed by atoms with van der Waals surface area (Å²) in [6.07, 6.45) is 0. The molecular formula is C14H20N2O2. The average molecular weight is 248 g/mol. The van der Waals surface area contributed by atoms with Crippen molar-refractivity contribution in [3.63, 3.8) is 0 Å². The molecule has 0 bridgehead atoms. The molecule has 1 aromatic carbocycles. The summed E-state index contributed by atoms with van der Waals surface area (Å²) >= 11 is 0. The van der Waals surface area contributed by atoms with Crippen molar-refractivity contribution in [3.8, 4) is 0 Å². The van der Waals surface area contributed by atoms with Crippen molar-refractivity contribution >= 4 is 5.97 Å². The van der Waals surface area contributed by atoms with Crippen LogP contribution in [0.2, 0.25) is 0 Å². The maximum atomic E-state index is 11.4. The zero-order chi connectivity index (χ0) is 13.0. The molecule has 0 radical (unpaired) electrons. The van der Waals surface area contributed by atoms with Gasteiger partial charge in [-0.05, 0) is 12.5 Å². The molecule has 1 saturated heterocycles. The SMILES string of the molecule is C[C@H]1CN(CC(C(=O)O)c2ccccc2)CCN1. The van der Waals surface area contributed by atoms with Crippen LogP contribution < -0.4 is 5.32 Å². The van der Waals surface area contributed by atoms with Crippen LogP contribution in [0.15, 0.2) is 30.3 Å². The molecule has 1 fully saturated rings. The van der Waals surface area contributed by atoms with Crippen molar-refractivity contribution < 1.29 is 9.90 Å². The first-order chi connectivity index (χ1) is 8.66. The second-order valence-electron chi connectivity index (χ2n) is 4.92. The van der Waals surface area contributed by atoms with Crippen molar-refractivity contribution in [2.24, 2.45) is 0 Å². The minimum absolute atomic E-state index is 0.434. The van der Waals surface area contributed by atoms with Crippen LogP contribution in [0.5, 0.6) is 0 Å². The number of carboxylic acids is 1. The first kappa shape index (κ1) is 13.1. The van der Waals surface area contributed by atoms with E-state index >= 15 is 0 Å². The van der Waals surface area contributed by atoms with Gasteiger partial charge in [0.1, 0.15) is 0 Å². The highest BCUT2D eigenvalue weighted by Crippen LogP contribution is 2.18. The number of carboxylic acid groups (broad SMARTS) is 1. The Balaban J connectivity index is 2.05. The van der Waals surface area contributed by atoms with Gasteiger partial charge in [-0.25, -0.2) is 0 Å². The fourth-order valence-electron chi connectivity index (χ4n) is 2.45. The molecule has 0 aliphatic carbocycles. The van der Waals surface area contributed by atoms with Gasteiger partial charge in [-0.1, -0.05) is 30.3 Å². The van der Waals surface area contributed by atoms with E-state index in [1.807, 2.05) is 30.3 Å². The lowest BCUT2D eigenvalue weighted by Crippen LogP contribution is -2.50. The summed E-state index contributed by atoms with van der Waals surface area (Å²) in [5, 5.41) is 12.7. The second kappa shape index (κ2) is 5.98. The fraction of sp³-hybridized carbons (Fsp3) is 0.500. The Kier molecular flexibility index (Phi) is 4.33. The van der Waals surface area contributed by atoms with Crippen molar-refractivity contribution in [3.05, 3.63) is 35.9 Å². The first-order valence-electron chi connectivity index (χ1n) is 6.40. The maximum absolute atomic E-state index is 11.4. The molecule has 1 aliphatic rings. The van der Waals surface area contributed by atoms with Crippen LogP contribution in [0, 0.1) is 0 Å². The van der Waals surface area contributed by atoms with Crippen molar-refractivity contribution in [1.82, 2.24) is 10.2 Å². The molecule has 0 saturated carbocycles. The summed E-state index contributed by atoms with van der Waals surface area (Å²) in [6.45, 7) is 5.48. The normalized spacial score (nSPS) is 22.6. The molecule has 2 rings (SSSR count). The summed E-state index contributed by atoms with van der Waals surface area (Å²) in [5.41, 5.74) is 0.885. The number of benzene rings is 1. The smallest absolute Gasteiger partial charge is 0.312 e. The van der Waals surface area contributed by atoms with Crippen molar-refractivity contribution in [2.45, 2.75) is 18.9 Å². The van der Waals surface area contributed by atoms with Crippen LogP contribution in [-0.4, -0.2) is 48.2 Å². The third kappa shape index (κ3) is 3.31. The van der Waals surface area contributed by atoms with Gasteiger partial charge in [-0.3, -0.25) is 9.69 Å². The van der Waals surface area contributed by atoms with Crippen LogP contribution in [-0.2, 0) is 4.79 Å². The van der Waals surface area contributed by atoms with Gasteiger partial charge in [0.2, 0.25) is 0 Å². The quantitative estimate of drug-likeness (QED) is 0.839. The second-order valence-corrected chi connectivity index (χ2v) is 4.92. The largest absolute Gasteiger partial charge is 0.481 e. The molecule has 2 atom stereocenters. The standard InChI is InChI=1S/C14H20N2O2/c1-11-9-16(8-7-15-11)10-13(14(17)18)12-5-3-2-4-6-12/h2-6,11,13,15H,7-10H2,1H3,(H,17,18)/t11-,13?/m0/s1. The summed E-state index contributed by atoms with van der Waals surface area (Å²) in [5.74, 6) is -1.18. The number of hydrogen-bond donors (Lipinski definition) is 2. The Morgan fingerprint density at radius 1 is 1.50 bits per heavy atom. The highest BCUT2D eigenvalue weighted by Gasteiger charge is 2.25. The molecule has 4 heteroatoms. The summed E-state index contributed by atoms with van der Waals surface area (Å²) in [4.78, 5) is 13.6. The number of nitrogens with one attached hydrogen (secondary N) is 1. The maximum Gasteiger partial charge on any atom is 0.312 e. The van der Waals surface area contributed by atoms with Gasteiger partial charge in [0.15, 0.2) is 0 Å². The van der Waals surface area contributed by atoms with Gasteiger partial charge in [0.25, 0.3) is 0 Å². The van der Waals surface area contributed by atoms with E-state index in [2.05, 4.69) is 17.1 Å². The van der Waals surface area contributed by atoms with E-state index in [9.17, 15) is 9.90 Å². The monoisotopic (exact) mass is 248 g/mol. The number of rotatable bonds is 4. The van der Waals surface area contributed by atoms with Crippen LogP contribution >= 0.6 is 0 Å². The fourth-order valence-corrected chi connectivity index (χ4v) is 2.45. The van der Waals surface area contributed by atoms with E-state index in [1.165, 1.54) is 0 Å². The molecule has 0 aromatic heterocycles. The Bertz CT molecular complexity index is 394. The van der Waals surface area contributed by atoms with Crippen LogP contribution in [0.3, 0.4) is 0 Å². The molecule has 98 valence electrons. The van der Waals surface area contributed by atoms with Crippen LogP contribution in [0.25, 0.3) is 0 Å². The third-order valence-electron chi connectivity index (χ3n) is 3.39. The molecule has 0 spiro atoms. The van der Waals surface area contributed by atoms with Gasteiger partial charge in [-0.2, -0.15) is 0 Å². The zero-order valence-corrected chi connectivity index (χ0v) is 10.7. The van der Waals surface area contributed by atoms with Gasteiger partial charge in [-0.15, -0.1) is 0 Å². The molecular weight excluding hydrogens is 228 g/mol. The lowest BCUT2D eigenvalue weighted by atomic mass is 9.98. The molecule has 1 aliphatic heterocycles. The highest BCUT2D eigenvalue weighted by molar-refractivity contribution is 5.76. The summed E-state index contributed by atoms with van der Waals surface area (Å²) in [7, 11) is 0. The zero-order valence-electron chi connectivity index (χ0n) is 10.7. The van der Waals surface area contributed by atoms with Gasteiger partial charge in [0.05, 0.1) is 5.92 Å². The number of carbonyl (C=O) groups is 1. The predicted octanol–water partition coefficient (Wildman–Crippen LogP) is 1.15. The predicted molar refractivity (Wildman–Crippen MR) is 70.7 cm³/mol. The van der Waals surface area contributed by atoms with Crippen LogP contribution in [0.1, 0.15) is 18.4 Å². The molecule has 1 heterocycles. The Morgan fingerprint density at radius 3 is 2.83 bits per heavy atom. The third-order valence-corrected chi connectivity index (χ3v) is 3.39. The van der Waals surface area contributed by atoms with E-state index in [0.29, 0.717) is 12.6 Å². The lowest BCUT2D eigenvalue weighted by Gasteiger charge is -2.33. The summed E-state index contributed by atoms with van der Waals surface area (Å²) in [6, 6.07) is 9.92. The number of nitrogens with zero attached hydrogens (tertiary/aromatic N) is 1. The van der Waals surface area contributed by atoms with E-state index in [-0.39, 0.29) is 0 Å². The molecule has 2 N–H and O–H groups in total. The van der Waals surface area contributed by atoms with E-state index in [4.69, 9.17) is 0 Å². The van der Waals surface area contributed by atoms with Gasteiger partial charge in [0, 0.05) is 32.2 Å². The van der Waals surface area contributed by atoms with Crippen molar-refractivity contribution in [2.75, 3.05) is 26.2 Å². The Hall–Kier alpha value is -1.39. The highest BCUT2D eigenvalue weighted by atomic mass is 16.4. The molecule has 0 amide bonds. The molecule has 1 aromatic rings. The number of hydrogen-bond acceptors (Lipinski definition) is 3. The van der Waals surface area contributed by atoms with E-state index in [1.54, 1.807) is 0 Å². The number of aliphatic carboxylic acids is 1. The van der Waals surface area contributed by atoms with Gasteiger partial charge >= 0.3 is 5.97 Å². The van der Waals surface area contributed by atoms with E-state index < -0.39 is 11.9 Å². The minimum Gasteiger partial charge on any atom is -0.481 e. The summed E-state index contributed by atoms with van der Waals surface area (Å²) < 4.78 is 0. The average Bonchev–Trinajstić information content (AvgIpc) is 2.37. The molecule has 1 unspecified atom stereocenters. The van der Waals surface area contributed by atoms with Crippen molar-refractivity contribution in [1.29, 1.82) is 0 Å². The van der Waals surface area contributed by atoms with E-state index in [0.717, 1.165) is 25.2 Å². The van der Waals surface area contributed by atoms with Crippen LogP contribution in [0.4, 0.5) is 0 Å². The molecule has 4 nitrogen and oxygen atoms in total. The first-order valence-corrected chi connectivity index (χ1v) is 6.40. The number of piperazine rings is 1. The minimum atomic E-state index is -0.743. The molecule has 18 heavy (non-hydrogen) atoms. The Labute approximate surface area is 108 Å². The topological polar surface area (TPSA) is 52.6 Å². The lowest BCUT2D eigenvalue weighted by molar-refractivity contribution is -0.139. The Morgan fingerprint density at radius 2 is 2.22 bits per heavy atom.